The number of hydrogen-bond donors (Lipinski definition) is 0. The Morgan fingerprint density at radius 1 is 0.550 bits per heavy atom. The Hall–Kier alpha value is -5.28. The van der Waals surface area contributed by atoms with Crippen LogP contribution in [-0.4, -0.2) is 14.5 Å². The minimum atomic E-state index is -0.421. The van der Waals surface area contributed by atoms with Crippen molar-refractivity contribution in [2.24, 2.45) is 0 Å². The van der Waals surface area contributed by atoms with Gasteiger partial charge in [0.25, 0.3) is 0 Å². The quantitative estimate of drug-likeness (QED) is 0.237. The second kappa shape index (κ2) is 8.89. The number of benzene rings is 4. The van der Waals surface area contributed by atoms with E-state index in [1.54, 1.807) is 6.20 Å². The van der Waals surface area contributed by atoms with Gasteiger partial charge in [-0.25, -0.2) is 4.98 Å². The van der Waals surface area contributed by atoms with Gasteiger partial charge in [0, 0.05) is 46.9 Å². The molecule has 0 radical (unpaired) electrons. The first-order chi connectivity index (χ1) is 19.9. The zero-order chi connectivity index (χ0) is 26.5. The minimum Gasteiger partial charge on any atom is -0.301 e. The van der Waals surface area contributed by atoms with E-state index in [2.05, 4.69) is 137 Å². The fourth-order valence-corrected chi connectivity index (χ4v) is 6.58. The lowest BCUT2D eigenvalue weighted by Crippen LogP contribution is -2.28. The molecule has 3 heterocycles. The molecule has 0 atom stereocenters. The number of fused-ring (bicyclic) bond motifs is 5. The maximum Gasteiger partial charge on any atom is 0.137 e. The van der Waals surface area contributed by atoms with E-state index in [-0.39, 0.29) is 0 Å². The number of pyridine rings is 2. The Morgan fingerprint density at radius 2 is 1.27 bits per heavy atom. The van der Waals surface area contributed by atoms with Gasteiger partial charge in [0.2, 0.25) is 0 Å². The predicted molar refractivity (Wildman–Crippen MR) is 162 cm³/mol. The third-order valence-corrected chi connectivity index (χ3v) is 8.26. The fraction of sp³-hybridized carbons (Fsp3) is 0.0270. The standard InChI is InChI=1S/C37H25N3/c1-3-11-29(12-4-1)37(30-13-5-2-6-14-30)32-16-8-7-15-31(32)35-33(37)19-17-26-21-23-40(36(26)35)34-20-18-28(25-39-34)27-10-9-22-38-24-27/h1-25H. The van der Waals surface area contributed by atoms with Crippen LogP contribution >= 0.6 is 0 Å². The molecule has 188 valence electrons. The van der Waals surface area contributed by atoms with Crippen LogP contribution in [0.15, 0.2) is 152 Å². The van der Waals surface area contributed by atoms with Gasteiger partial charge in [-0.2, -0.15) is 0 Å². The van der Waals surface area contributed by atoms with Crippen LogP contribution in [0.1, 0.15) is 22.3 Å². The molecule has 0 fully saturated rings. The molecule has 4 aromatic carbocycles. The second-order valence-corrected chi connectivity index (χ2v) is 10.3. The van der Waals surface area contributed by atoms with Gasteiger partial charge < -0.3 is 4.57 Å². The van der Waals surface area contributed by atoms with Gasteiger partial charge in [0.1, 0.15) is 5.82 Å². The summed E-state index contributed by atoms with van der Waals surface area (Å²) in [5, 5.41) is 1.20. The summed E-state index contributed by atoms with van der Waals surface area (Å²) < 4.78 is 2.24. The van der Waals surface area contributed by atoms with Gasteiger partial charge in [0.05, 0.1) is 10.9 Å². The molecule has 7 aromatic rings. The first-order valence-corrected chi connectivity index (χ1v) is 13.6. The van der Waals surface area contributed by atoms with E-state index in [0.29, 0.717) is 0 Å². The minimum absolute atomic E-state index is 0.421. The number of aromatic nitrogens is 3. The molecule has 0 unspecified atom stereocenters. The lowest BCUT2D eigenvalue weighted by Gasteiger charge is -2.33. The number of rotatable bonds is 4. The summed E-state index contributed by atoms with van der Waals surface area (Å²) in [7, 11) is 0. The molecular weight excluding hydrogens is 486 g/mol. The van der Waals surface area contributed by atoms with Crippen LogP contribution in [0.3, 0.4) is 0 Å². The van der Waals surface area contributed by atoms with E-state index >= 15 is 0 Å². The lowest BCUT2D eigenvalue weighted by molar-refractivity contribution is 0.769. The first-order valence-electron chi connectivity index (χ1n) is 13.6. The predicted octanol–water partition coefficient (Wildman–Crippen LogP) is 8.45. The molecule has 40 heavy (non-hydrogen) atoms. The molecule has 0 saturated heterocycles. The maximum atomic E-state index is 4.92. The van der Waals surface area contributed by atoms with Crippen molar-refractivity contribution in [3.63, 3.8) is 0 Å². The second-order valence-electron chi connectivity index (χ2n) is 10.3. The normalized spacial score (nSPS) is 13.2. The van der Waals surface area contributed by atoms with Crippen LogP contribution in [-0.2, 0) is 5.41 Å². The van der Waals surface area contributed by atoms with E-state index in [1.807, 2.05) is 18.5 Å². The Morgan fingerprint density at radius 3 is 1.98 bits per heavy atom. The van der Waals surface area contributed by atoms with Gasteiger partial charge in [-0.1, -0.05) is 103 Å². The summed E-state index contributed by atoms with van der Waals surface area (Å²) in [6, 6.07) is 45.8. The van der Waals surface area contributed by atoms with Gasteiger partial charge >= 0.3 is 0 Å². The van der Waals surface area contributed by atoms with Gasteiger partial charge in [-0.05, 0) is 52.1 Å². The Balaban J connectivity index is 1.42. The summed E-state index contributed by atoms with van der Waals surface area (Å²) in [6.07, 6.45) is 7.75. The average molecular weight is 512 g/mol. The van der Waals surface area contributed by atoms with Crippen LogP contribution in [0.25, 0.3) is 39.0 Å². The molecule has 3 nitrogen and oxygen atoms in total. The van der Waals surface area contributed by atoms with Crippen molar-refractivity contribution >= 4 is 10.9 Å². The summed E-state index contributed by atoms with van der Waals surface area (Å²) in [5.41, 5.74) is 10.5. The van der Waals surface area contributed by atoms with Crippen molar-refractivity contribution in [3.8, 4) is 28.1 Å². The van der Waals surface area contributed by atoms with Crippen molar-refractivity contribution in [1.82, 2.24) is 14.5 Å². The van der Waals surface area contributed by atoms with E-state index in [9.17, 15) is 0 Å². The smallest absolute Gasteiger partial charge is 0.137 e. The maximum absolute atomic E-state index is 4.92. The van der Waals surface area contributed by atoms with Gasteiger partial charge in [-0.3, -0.25) is 4.98 Å². The summed E-state index contributed by atoms with van der Waals surface area (Å²) in [5.74, 6) is 0.894. The van der Waals surface area contributed by atoms with Crippen molar-refractivity contribution in [1.29, 1.82) is 0 Å². The van der Waals surface area contributed by atoms with Gasteiger partial charge in [-0.15, -0.1) is 0 Å². The van der Waals surface area contributed by atoms with E-state index in [0.717, 1.165) is 16.9 Å². The highest BCUT2D eigenvalue weighted by Crippen LogP contribution is 2.57. The number of hydrogen-bond acceptors (Lipinski definition) is 2. The molecule has 0 saturated carbocycles. The topological polar surface area (TPSA) is 30.7 Å². The SMILES string of the molecule is c1ccc(C2(c3ccccc3)c3ccccc3-c3c2ccc2ccn(-c4ccc(-c5cccnc5)cn4)c32)cc1. The monoisotopic (exact) mass is 511 g/mol. The Kier molecular flexibility index (Phi) is 5.04. The fourth-order valence-electron chi connectivity index (χ4n) is 6.58. The molecule has 1 aliphatic carbocycles. The molecule has 0 N–H and O–H groups in total. The first kappa shape index (κ1) is 22.7. The highest BCUT2D eigenvalue weighted by atomic mass is 15.0. The van der Waals surface area contributed by atoms with Crippen LogP contribution < -0.4 is 0 Å². The highest BCUT2D eigenvalue weighted by molar-refractivity contribution is 6.03. The summed E-state index contributed by atoms with van der Waals surface area (Å²) in [4.78, 5) is 9.18. The zero-order valence-corrected chi connectivity index (χ0v) is 21.8. The molecule has 0 spiro atoms. The molecule has 0 bridgehead atoms. The highest BCUT2D eigenvalue weighted by Gasteiger charge is 2.46. The molecular formula is C37H25N3. The van der Waals surface area contributed by atoms with Crippen LogP contribution in [0.4, 0.5) is 0 Å². The number of nitrogens with zero attached hydrogens (tertiary/aromatic N) is 3. The van der Waals surface area contributed by atoms with E-state index in [4.69, 9.17) is 4.98 Å². The molecule has 1 aliphatic rings. The Bertz CT molecular complexity index is 1930. The van der Waals surface area contributed by atoms with E-state index in [1.165, 1.54) is 44.3 Å². The van der Waals surface area contributed by atoms with E-state index < -0.39 is 5.41 Å². The van der Waals surface area contributed by atoms with Crippen LogP contribution in [0, 0.1) is 0 Å². The zero-order valence-electron chi connectivity index (χ0n) is 21.8. The Labute approximate surface area is 233 Å². The average Bonchev–Trinajstić information content (AvgIpc) is 3.60. The molecule has 3 aromatic heterocycles. The van der Waals surface area contributed by atoms with Crippen molar-refractivity contribution in [3.05, 3.63) is 174 Å². The third-order valence-electron chi connectivity index (χ3n) is 8.26. The van der Waals surface area contributed by atoms with Crippen LogP contribution in [0.5, 0.6) is 0 Å². The van der Waals surface area contributed by atoms with Crippen molar-refractivity contribution in [2.45, 2.75) is 5.41 Å². The lowest BCUT2D eigenvalue weighted by atomic mass is 9.67. The van der Waals surface area contributed by atoms with Gasteiger partial charge in [0.15, 0.2) is 0 Å². The van der Waals surface area contributed by atoms with Crippen LogP contribution in [0.2, 0.25) is 0 Å². The largest absolute Gasteiger partial charge is 0.301 e. The molecule has 0 amide bonds. The third kappa shape index (κ3) is 3.18. The van der Waals surface area contributed by atoms with Crippen molar-refractivity contribution < 1.29 is 0 Å². The van der Waals surface area contributed by atoms with Crippen molar-refractivity contribution in [2.75, 3.05) is 0 Å². The molecule has 8 rings (SSSR count). The summed E-state index contributed by atoms with van der Waals surface area (Å²) >= 11 is 0. The molecule has 0 aliphatic heterocycles. The summed E-state index contributed by atoms with van der Waals surface area (Å²) in [6.45, 7) is 0. The molecule has 3 heteroatoms.